The van der Waals surface area contributed by atoms with E-state index in [0.29, 0.717) is 16.3 Å². The van der Waals surface area contributed by atoms with Crippen molar-refractivity contribution in [2.75, 3.05) is 5.32 Å². The van der Waals surface area contributed by atoms with Crippen LogP contribution >= 0.6 is 11.6 Å². The summed E-state index contributed by atoms with van der Waals surface area (Å²) in [5.41, 5.74) is 1.27. The Balaban J connectivity index is 2.31. The summed E-state index contributed by atoms with van der Waals surface area (Å²) in [5.74, 6) is -0.199. The average Bonchev–Trinajstić information content (AvgIpc) is 2.31. The smallest absolute Gasteiger partial charge is 0.310 e. The first kappa shape index (κ1) is 13.3. The number of nitrogens with one attached hydrogen (secondary N) is 2. The molecule has 0 aliphatic carbocycles. The summed E-state index contributed by atoms with van der Waals surface area (Å²) >= 11 is 6.07. The van der Waals surface area contributed by atoms with Crippen molar-refractivity contribution in [1.82, 2.24) is 9.97 Å². The number of nitrogens with zero attached hydrogens (tertiary/aromatic N) is 1. The van der Waals surface area contributed by atoms with Crippen molar-refractivity contribution < 1.29 is 4.79 Å². The number of aromatic nitrogens is 2. The van der Waals surface area contributed by atoms with Gasteiger partial charge in [0.25, 0.3) is 5.91 Å². The van der Waals surface area contributed by atoms with Crippen LogP contribution in [0.15, 0.2) is 29.1 Å². The van der Waals surface area contributed by atoms with Crippen LogP contribution in [-0.2, 0) is 0 Å². The molecule has 0 aliphatic heterocycles. The molecule has 0 bridgehead atoms. The average molecular weight is 278 g/mol. The topological polar surface area (TPSA) is 74.8 Å². The summed E-state index contributed by atoms with van der Waals surface area (Å²) in [4.78, 5) is 29.4. The lowest BCUT2D eigenvalue weighted by atomic mass is 10.1. The first-order valence-corrected chi connectivity index (χ1v) is 5.99. The van der Waals surface area contributed by atoms with Crippen LogP contribution in [0.2, 0.25) is 5.02 Å². The van der Waals surface area contributed by atoms with Crippen LogP contribution in [0.4, 0.5) is 5.82 Å². The van der Waals surface area contributed by atoms with E-state index in [1.165, 1.54) is 0 Å². The maximum atomic E-state index is 12.1. The standard InChI is InChI=1S/C13H12ClN3O2/c1-7-4-3-5-9(11(7)14)12(18)16-10-6-8(2)15-13(19)17-10/h3-6H,1-2H3,(H2,15,16,17,18,19). The molecule has 6 heteroatoms. The molecule has 2 N–H and O–H groups in total. The minimum atomic E-state index is -0.509. The number of amides is 1. The highest BCUT2D eigenvalue weighted by molar-refractivity contribution is 6.35. The van der Waals surface area contributed by atoms with Crippen molar-refractivity contribution in [2.24, 2.45) is 0 Å². The second-order valence-corrected chi connectivity index (χ2v) is 4.52. The summed E-state index contributed by atoms with van der Waals surface area (Å²) in [6.07, 6.45) is 0. The molecule has 1 heterocycles. The van der Waals surface area contributed by atoms with Gasteiger partial charge < -0.3 is 10.3 Å². The third-order valence-electron chi connectivity index (χ3n) is 2.56. The van der Waals surface area contributed by atoms with Crippen molar-refractivity contribution >= 4 is 23.3 Å². The van der Waals surface area contributed by atoms with Gasteiger partial charge in [0.15, 0.2) is 0 Å². The summed E-state index contributed by atoms with van der Waals surface area (Å²) < 4.78 is 0. The number of rotatable bonds is 2. The van der Waals surface area contributed by atoms with Crippen LogP contribution in [0.1, 0.15) is 21.6 Å². The third-order valence-corrected chi connectivity index (χ3v) is 3.06. The van der Waals surface area contributed by atoms with E-state index in [4.69, 9.17) is 11.6 Å². The molecule has 1 aromatic carbocycles. The van der Waals surface area contributed by atoms with Crippen molar-refractivity contribution in [1.29, 1.82) is 0 Å². The van der Waals surface area contributed by atoms with Gasteiger partial charge in [-0.2, -0.15) is 4.98 Å². The molecule has 0 spiro atoms. The summed E-state index contributed by atoms with van der Waals surface area (Å²) in [6.45, 7) is 3.52. The Kier molecular flexibility index (Phi) is 3.66. The van der Waals surface area contributed by atoms with Crippen LogP contribution in [-0.4, -0.2) is 15.9 Å². The van der Waals surface area contributed by atoms with E-state index in [-0.39, 0.29) is 5.82 Å². The number of anilines is 1. The SMILES string of the molecule is Cc1cc(NC(=O)c2cccc(C)c2Cl)nc(=O)[nH]1. The van der Waals surface area contributed by atoms with E-state index < -0.39 is 11.6 Å². The molecule has 98 valence electrons. The molecule has 19 heavy (non-hydrogen) atoms. The van der Waals surface area contributed by atoms with Crippen LogP contribution in [0.25, 0.3) is 0 Å². The molecule has 0 atom stereocenters. The third kappa shape index (κ3) is 3.00. The first-order valence-electron chi connectivity index (χ1n) is 5.62. The number of H-pyrrole nitrogens is 1. The van der Waals surface area contributed by atoms with Crippen LogP contribution in [0.5, 0.6) is 0 Å². The zero-order valence-corrected chi connectivity index (χ0v) is 11.2. The lowest BCUT2D eigenvalue weighted by Crippen LogP contribution is -2.19. The molecule has 0 unspecified atom stereocenters. The van der Waals surface area contributed by atoms with Crippen molar-refractivity contribution in [3.05, 3.63) is 56.6 Å². The monoisotopic (exact) mass is 277 g/mol. The molecule has 1 aromatic heterocycles. The maximum absolute atomic E-state index is 12.1. The molecular weight excluding hydrogens is 266 g/mol. The van der Waals surface area contributed by atoms with Crippen molar-refractivity contribution in [3.63, 3.8) is 0 Å². The second-order valence-electron chi connectivity index (χ2n) is 4.15. The van der Waals surface area contributed by atoms with Gasteiger partial charge in [-0.3, -0.25) is 4.79 Å². The molecule has 2 rings (SSSR count). The summed E-state index contributed by atoms with van der Waals surface area (Å²) in [6, 6.07) is 6.75. The molecule has 1 amide bonds. The van der Waals surface area contributed by atoms with E-state index in [9.17, 15) is 9.59 Å². The molecule has 0 aliphatic rings. The van der Waals surface area contributed by atoms with Crippen molar-refractivity contribution in [3.8, 4) is 0 Å². The van der Waals surface area contributed by atoms with Gasteiger partial charge in [0.2, 0.25) is 0 Å². The second kappa shape index (κ2) is 5.24. The Labute approximate surface area is 114 Å². The Morgan fingerprint density at radius 2 is 2.11 bits per heavy atom. The van der Waals surface area contributed by atoms with Gasteiger partial charge in [0.05, 0.1) is 10.6 Å². The molecule has 2 aromatic rings. The fourth-order valence-corrected chi connectivity index (χ4v) is 1.86. The largest absolute Gasteiger partial charge is 0.347 e. The molecule has 5 nitrogen and oxygen atoms in total. The summed E-state index contributed by atoms with van der Waals surface area (Å²) in [5, 5.41) is 2.94. The van der Waals surface area contributed by atoms with E-state index >= 15 is 0 Å². The Morgan fingerprint density at radius 1 is 1.37 bits per heavy atom. The highest BCUT2D eigenvalue weighted by Gasteiger charge is 2.12. The van der Waals surface area contributed by atoms with E-state index in [2.05, 4.69) is 15.3 Å². The zero-order valence-electron chi connectivity index (χ0n) is 10.5. The Morgan fingerprint density at radius 3 is 2.79 bits per heavy atom. The Hall–Kier alpha value is -2.14. The highest BCUT2D eigenvalue weighted by atomic mass is 35.5. The minimum absolute atomic E-state index is 0.198. The number of carbonyl (C=O) groups is 1. The van der Waals surface area contributed by atoms with Gasteiger partial charge in [0, 0.05) is 11.8 Å². The van der Waals surface area contributed by atoms with Gasteiger partial charge in [0.1, 0.15) is 5.82 Å². The van der Waals surface area contributed by atoms with Crippen LogP contribution in [0, 0.1) is 13.8 Å². The van der Waals surface area contributed by atoms with Crippen LogP contribution < -0.4 is 11.0 Å². The van der Waals surface area contributed by atoms with Gasteiger partial charge in [-0.15, -0.1) is 0 Å². The lowest BCUT2D eigenvalue weighted by Gasteiger charge is -2.07. The molecule has 0 radical (unpaired) electrons. The van der Waals surface area contributed by atoms with Gasteiger partial charge in [-0.05, 0) is 25.5 Å². The molecular formula is C13H12ClN3O2. The maximum Gasteiger partial charge on any atom is 0.347 e. The molecule has 0 saturated carbocycles. The molecule has 0 saturated heterocycles. The zero-order chi connectivity index (χ0) is 14.0. The van der Waals surface area contributed by atoms with E-state index in [1.54, 1.807) is 25.1 Å². The molecule has 0 fully saturated rings. The highest BCUT2D eigenvalue weighted by Crippen LogP contribution is 2.21. The Bertz CT molecular complexity index is 695. The number of aryl methyl sites for hydroxylation is 2. The fourth-order valence-electron chi connectivity index (χ4n) is 1.65. The first-order chi connectivity index (χ1) is 8.97. The van der Waals surface area contributed by atoms with E-state index in [0.717, 1.165) is 5.56 Å². The number of benzene rings is 1. The number of aromatic amines is 1. The predicted molar refractivity (Wildman–Crippen MR) is 73.7 cm³/mol. The summed E-state index contributed by atoms with van der Waals surface area (Å²) in [7, 11) is 0. The number of halogens is 1. The lowest BCUT2D eigenvalue weighted by molar-refractivity contribution is 0.102. The quantitative estimate of drug-likeness (QED) is 0.884. The van der Waals surface area contributed by atoms with Gasteiger partial charge in [-0.25, -0.2) is 4.79 Å². The van der Waals surface area contributed by atoms with Gasteiger partial charge in [-0.1, -0.05) is 23.7 Å². The minimum Gasteiger partial charge on any atom is -0.310 e. The van der Waals surface area contributed by atoms with Gasteiger partial charge >= 0.3 is 5.69 Å². The van der Waals surface area contributed by atoms with E-state index in [1.807, 2.05) is 13.0 Å². The van der Waals surface area contributed by atoms with Crippen molar-refractivity contribution in [2.45, 2.75) is 13.8 Å². The number of hydrogen-bond donors (Lipinski definition) is 2. The van der Waals surface area contributed by atoms with Crippen LogP contribution in [0.3, 0.4) is 0 Å². The number of carbonyl (C=O) groups excluding carboxylic acids is 1. The normalized spacial score (nSPS) is 10.3. The number of hydrogen-bond acceptors (Lipinski definition) is 3. The fraction of sp³-hybridized carbons (Fsp3) is 0.154. The predicted octanol–water partition coefficient (Wildman–Crippen LogP) is 2.29.